The van der Waals surface area contributed by atoms with Crippen LogP contribution in [0.2, 0.25) is 0 Å². The Hall–Kier alpha value is -1.04. The Morgan fingerprint density at radius 3 is 2.71 bits per heavy atom. The fourth-order valence-electron chi connectivity index (χ4n) is 1.16. The molecular weight excluding hydrogens is 238 g/mol. The van der Waals surface area contributed by atoms with Gasteiger partial charge < -0.3 is 5.11 Å². The van der Waals surface area contributed by atoms with Gasteiger partial charge in [-0.15, -0.1) is 5.10 Å². The first-order valence-corrected chi connectivity index (χ1v) is 6.53. The molecule has 0 aliphatic heterocycles. The van der Waals surface area contributed by atoms with Crippen molar-refractivity contribution in [2.24, 2.45) is 11.3 Å². The Kier molecular flexibility index (Phi) is 4.56. The fraction of sp³-hybridized carbons (Fsp3) is 0.727. The molecule has 0 bridgehead atoms. The summed E-state index contributed by atoms with van der Waals surface area (Å²) in [5, 5.41) is 15.9. The van der Waals surface area contributed by atoms with E-state index in [0.717, 1.165) is 24.0 Å². The maximum Gasteiger partial charge on any atom is 0.313 e. The van der Waals surface area contributed by atoms with Crippen molar-refractivity contribution in [3.8, 4) is 0 Å². The highest BCUT2D eigenvalue weighted by molar-refractivity contribution is 7.99. The van der Waals surface area contributed by atoms with E-state index < -0.39 is 5.97 Å². The van der Waals surface area contributed by atoms with Crippen LogP contribution >= 0.6 is 11.8 Å². The van der Waals surface area contributed by atoms with Crippen LogP contribution in [0, 0.1) is 11.3 Å². The van der Waals surface area contributed by atoms with Crippen LogP contribution in [0.25, 0.3) is 0 Å². The van der Waals surface area contributed by atoms with Crippen molar-refractivity contribution in [1.29, 1.82) is 0 Å². The SMILES string of the molecule is CC(Cc1nc(SCC(=O)O)n[nH]1)C(C)(C)C. The third-order valence-electron chi connectivity index (χ3n) is 2.81. The van der Waals surface area contributed by atoms with Gasteiger partial charge >= 0.3 is 5.97 Å². The molecule has 6 heteroatoms. The van der Waals surface area contributed by atoms with E-state index >= 15 is 0 Å². The van der Waals surface area contributed by atoms with Gasteiger partial charge in [0.1, 0.15) is 5.82 Å². The Morgan fingerprint density at radius 1 is 1.53 bits per heavy atom. The fourth-order valence-corrected chi connectivity index (χ4v) is 1.69. The van der Waals surface area contributed by atoms with Gasteiger partial charge in [-0.1, -0.05) is 39.5 Å². The molecule has 0 amide bonds. The topological polar surface area (TPSA) is 78.9 Å². The average molecular weight is 257 g/mol. The van der Waals surface area contributed by atoms with E-state index in [1.165, 1.54) is 0 Å². The van der Waals surface area contributed by atoms with E-state index in [4.69, 9.17) is 5.11 Å². The van der Waals surface area contributed by atoms with E-state index in [2.05, 4.69) is 42.9 Å². The lowest BCUT2D eigenvalue weighted by atomic mass is 9.80. The molecule has 5 nitrogen and oxygen atoms in total. The van der Waals surface area contributed by atoms with Crippen molar-refractivity contribution in [3.63, 3.8) is 0 Å². The lowest BCUT2D eigenvalue weighted by molar-refractivity contribution is -0.133. The quantitative estimate of drug-likeness (QED) is 0.791. The number of carboxylic acids is 1. The number of nitrogens with one attached hydrogen (secondary N) is 1. The highest BCUT2D eigenvalue weighted by atomic mass is 32.2. The first-order chi connectivity index (χ1) is 7.79. The van der Waals surface area contributed by atoms with Crippen LogP contribution in [0.3, 0.4) is 0 Å². The standard InChI is InChI=1S/C11H19N3O2S/c1-7(11(2,3)4)5-8-12-10(14-13-8)17-6-9(15)16/h7H,5-6H2,1-4H3,(H,15,16)(H,12,13,14). The monoisotopic (exact) mass is 257 g/mol. The minimum Gasteiger partial charge on any atom is -0.481 e. The predicted octanol–water partition coefficient (Wildman–Crippen LogP) is 2.21. The summed E-state index contributed by atoms with van der Waals surface area (Å²) in [6.45, 7) is 8.74. The number of aromatic amines is 1. The molecule has 0 aliphatic carbocycles. The number of H-pyrrole nitrogens is 1. The minimum atomic E-state index is -0.857. The van der Waals surface area contributed by atoms with Crippen molar-refractivity contribution in [2.45, 2.75) is 39.3 Å². The van der Waals surface area contributed by atoms with Crippen molar-refractivity contribution < 1.29 is 9.90 Å². The Morgan fingerprint density at radius 2 is 2.18 bits per heavy atom. The van der Waals surface area contributed by atoms with Gasteiger partial charge in [-0.05, 0) is 11.3 Å². The zero-order valence-corrected chi connectivity index (χ0v) is 11.5. The second kappa shape index (κ2) is 5.53. The molecule has 0 aliphatic rings. The lowest BCUT2D eigenvalue weighted by Crippen LogP contribution is -2.19. The van der Waals surface area contributed by atoms with Crippen LogP contribution in [0.5, 0.6) is 0 Å². The number of carbonyl (C=O) groups is 1. The van der Waals surface area contributed by atoms with E-state index in [0.29, 0.717) is 11.1 Å². The van der Waals surface area contributed by atoms with E-state index in [1.54, 1.807) is 0 Å². The van der Waals surface area contributed by atoms with Gasteiger partial charge in [0, 0.05) is 6.42 Å². The van der Waals surface area contributed by atoms with Crippen molar-refractivity contribution in [3.05, 3.63) is 5.82 Å². The zero-order chi connectivity index (χ0) is 13.1. The molecule has 0 saturated carbocycles. The number of hydrogen-bond acceptors (Lipinski definition) is 4. The second-order valence-electron chi connectivity index (χ2n) is 5.22. The third kappa shape index (κ3) is 4.77. The highest BCUT2D eigenvalue weighted by Crippen LogP contribution is 2.27. The maximum absolute atomic E-state index is 10.4. The molecule has 1 aromatic heterocycles. The molecule has 2 N–H and O–H groups in total. The van der Waals surface area contributed by atoms with Gasteiger partial charge in [0.2, 0.25) is 5.16 Å². The molecule has 1 aromatic rings. The van der Waals surface area contributed by atoms with Gasteiger partial charge in [0.05, 0.1) is 5.75 Å². The summed E-state index contributed by atoms with van der Waals surface area (Å²) in [6, 6.07) is 0. The van der Waals surface area contributed by atoms with E-state index in [1.807, 2.05) is 0 Å². The first-order valence-electron chi connectivity index (χ1n) is 5.55. The molecule has 0 spiro atoms. The molecule has 1 rings (SSSR count). The number of nitrogens with zero attached hydrogens (tertiary/aromatic N) is 2. The van der Waals surface area contributed by atoms with Crippen LogP contribution in [0.1, 0.15) is 33.5 Å². The summed E-state index contributed by atoms with van der Waals surface area (Å²) in [7, 11) is 0. The summed E-state index contributed by atoms with van der Waals surface area (Å²) in [6.07, 6.45) is 0.824. The van der Waals surface area contributed by atoms with Gasteiger partial charge in [-0.3, -0.25) is 9.89 Å². The second-order valence-corrected chi connectivity index (χ2v) is 6.16. The lowest BCUT2D eigenvalue weighted by Gasteiger charge is -2.26. The summed E-state index contributed by atoms with van der Waals surface area (Å²) >= 11 is 1.13. The average Bonchev–Trinajstić information content (AvgIpc) is 2.61. The Balaban J connectivity index is 2.54. The zero-order valence-electron chi connectivity index (χ0n) is 10.6. The van der Waals surface area contributed by atoms with Crippen LogP contribution in [-0.2, 0) is 11.2 Å². The largest absolute Gasteiger partial charge is 0.481 e. The molecule has 0 aromatic carbocycles. The minimum absolute atomic E-state index is 0.00782. The molecule has 1 atom stereocenters. The van der Waals surface area contributed by atoms with Gasteiger partial charge in [0.25, 0.3) is 0 Å². The van der Waals surface area contributed by atoms with E-state index in [-0.39, 0.29) is 11.2 Å². The summed E-state index contributed by atoms with van der Waals surface area (Å²) in [4.78, 5) is 14.7. The highest BCUT2D eigenvalue weighted by Gasteiger charge is 2.21. The Labute approximate surface area is 105 Å². The number of rotatable bonds is 5. The first kappa shape index (κ1) is 14.0. The van der Waals surface area contributed by atoms with Crippen LogP contribution < -0.4 is 0 Å². The normalized spacial score (nSPS) is 13.6. The number of hydrogen-bond donors (Lipinski definition) is 2. The number of thioether (sulfide) groups is 1. The molecule has 96 valence electrons. The summed E-state index contributed by atoms with van der Waals surface area (Å²) in [5.41, 5.74) is 0.223. The summed E-state index contributed by atoms with van der Waals surface area (Å²) in [5.74, 6) is 0.434. The van der Waals surface area contributed by atoms with E-state index in [9.17, 15) is 4.79 Å². The Bertz CT molecular complexity index is 384. The molecule has 0 fully saturated rings. The summed E-state index contributed by atoms with van der Waals surface area (Å²) < 4.78 is 0. The smallest absolute Gasteiger partial charge is 0.313 e. The van der Waals surface area contributed by atoms with Crippen molar-refractivity contribution in [1.82, 2.24) is 15.2 Å². The van der Waals surface area contributed by atoms with Crippen LogP contribution in [-0.4, -0.2) is 32.0 Å². The molecule has 1 heterocycles. The third-order valence-corrected chi connectivity index (χ3v) is 3.65. The molecule has 17 heavy (non-hydrogen) atoms. The number of aliphatic carboxylic acids is 1. The molecule has 0 saturated heterocycles. The van der Waals surface area contributed by atoms with Crippen LogP contribution in [0.15, 0.2) is 5.16 Å². The van der Waals surface area contributed by atoms with Crippen LogP contribution in [0.4, 0.5) is 0 Å². The molecule has 1 unspecified atom stereocenters. The predicted molar refractivity (Wildman–Crippen MR) is 67.1 cm³/mol. The maximum atomic E-state index is 10.4. The number of carboxylic acid groups (broad SMARTS) is 1. The molecular formula is C11H19N3O2S. The number of aromatic nitrogens is 3. The molecule has 0 radical (unpaired) electrons. The van der Waals surface area contributed by atoms with Gasteiger partial charge in [-0.2, -0.15) is 0 Å². The van der Waals surface area contributed by atoms with Gasteiger partial charge in [0.15, 0.2) is 0 Å². The van der Waals surface area contributed by atoms with Crippen molar-refractivity contribution >= 4 is 17.7 Å². The van der Waals surface area contributed by atoms with Crippen molar-refractivity contribution in [2.75, 3.05) is 5.75 Å². The van der Waals surface area contributed by atoms with Gasteiger partial charge in [-0.25, -0.2) is 4.98 Å².